The van der Waals surface area contributed by atoms with Crippen LogP contribution in [0.4, 0.5) is 17.5 Å². The van der Waals surface area contributed by atoms with Gasteiger partial charge in [-0.15, -0.1) is 0 Å². The molecule has 0 atom stereocenters. The highest BCUT2D eigenvalue weighted by Gasteiger charge is 2.18. The van der Waals surface area contributed by atoms with Crippen molar-refractivity contribution in [2.24, 2.45) is 0 Å². The maximum absolute atomic E-state index is 10.9. The zero-order valence-corrected chi connectivity index (χ0v) is 14.4. The Balaban J connectivity index is 1.83. The average Bonchev–Trinajstić information content (AvgIpc) is 2.58. The summed E-state index contributed by atoms with van der Waals surface area (Å²) in [5, 5.41) is 3.37. The number of para-hydroxylation sites is 1. The van der Waals surface area contributed by atoms with Gasteiger partial charge in [-0.05, 0) is 31.9 Å². The Morgan fingerprint density at radius 1 is 1.04 bits per heavy atom. The third kappa shape index (κ3) is 3.48. The van der Waals surface area contributed by atoms with Gasteiger partial charge in [0, 0.05) is 43.6 Å². The summed E-state index contributed by atoms with van der Waals surface area (Å²) in [5.41, 5.74) is 4.31. The van der Waals surface area contributed by atoms with Crippen LogP contribution >= 0.6 is 0 Å². The van der Waals surface area contributed by atoms with Gasteiger partial charge in [-0.2, -0.15) is 4.98 Å². The van der Waals surface area contributed by atoms with Crippen LogP contribution < -0.4 is 10.2 Å². The van der Waals surface area contributed by atoms with Crippen LogP contribution in [-0.4, -0.2) is 47.5 Å². The number of rotatable bonds is 4. The molecule has 6 heteroatoms. The maximum atomic E-state index is 10.9. The average molecular weight is 325 g/mol. The van der Waals surface area contributed by atoms with E-state index < -0.39 is 0 Å². The van der Waals surface area contributed by atoms with Crippen molar-refractivity contribution >= 4 is 23.9 Å². The second-order valence-electron chi connectivity index (χ2n) is 6.21. The predicted molar refractivity (Wildman–Crippen MR) is 95.8 cm³/mol. The van der Waals surface area contributed by atoms with Crippen LogP contribution in [0.25, 0.3) is 0 Å². The lowest BCUT2D eigenvalue weighted by Gasteiger charge is -2.33. The Hall–Kier alpha value is -2.63. The number of nitrogens with one attached hydrogen (secondary N) is 1. The number of benzene rings is 1. The molecule has 1 fully saturated rings. The maximum Gasteiger partial charge on any atom is 0.229 e. The zero-order chi connectivity index (χ0) is 17.1. The van der Waals surface area contributed by atoms with E-state index in [4.69, 9.17) is 0 Å². The molecule has 0 bridgehead atoms. The van der Waals surface area contributed by atoms with Crippen LogP contribution in [0.5, 0.6) is 0 Å². The van der Waals surface area contributed by atoms with Crippen molar-refractivity contribution in [3.63, 3.8) is 0 Å². The molecule has 2 aromatic rings. The van der Waals surface area contributed by atoms with Crippen LogP contribution in [0.3, 0.4) is 0 Å². The van der Waals surface area contributed by atoms with Gasteiger partial charge in [0.05, 0.1) is 0 Å². The molecule has 0 aliphatic carbocycles. The quantitative estimate of drug-likeness (QED) is 0.875. The van der Waals surface area contributed by atoms with E-state index in [9.17, 15) is 4.79 Å². The smallest absolute Gasteiger partial charge is 0.229 e. The molecule has 1 N–H and O–H groups in total. The summed E-state index contributed by atoms with van der Waals surface area (Å²) >= 11 is 0. The van der Waals surface area contributed by atoms with Crippen LogP contribution in [0, 0.1) is 20.8 Å². The molecule has 1 aromatic carbocycles. The second kappa shape index (κ2) is 6.86. The third-order valence-corrected chi connectivity index (χ3v) is 4.35. The first-order chi connectivity index (χ1) is 11.6. The topological polar surface area (TPSA) is 61.4 Å². The summed E-state index contributed by atoms with van der Waals surface area (Å²) in [6.45, 7) is 9.16. The molecule has 1 aliphatic rings. The van der Waals surface area contributed by atoms with E-state index in [1.54, 1.807) is 4.90 Å². The van der Waals surface area contributed by atoms with E-state index in [1.165, 1.54) is 11.1 Å². The van der Waals surface area contributed by atoms with Gasteiger partial charge in [0.2, 0.25) is 12.4 Å². The Labute approximate surface area is 142 Å². The van der Waals surface area contributed by atoms with Gasteiger partial charge in [-0.1, -0.05) is 18.2 Å². The van der Waals surface area contributed by atoms with Crippen LogP contribution in [0.1, 0.15) is 16.8 Å². The van der Waals surface area contributed by atoms with E-state index in [2.05, 4.69) is 46.2 Å². The zero-order valence-electron chi connectivity index (χ0n) is 14.4. The fraction of sp³-hybridized carbons (Fsp3) is 0.389. The molecule has 3 rings (SSSR count). The van der Waals surface area contributed by atoms with Crippen molar-refractivity contribution in [2.75, 3.05) is 36.4 Å². The number of anilines is 3. The predicted octanol–water partition coefficient (Wildman–Crippen LogP) is 2.42. The number of hydrogen-bond acceptors (Lipinski definition) is 5. The summed E-state index contributed by atoms with van der Waals surface area (Å²) < 4.78 is 0. The minimum absolute atomic E-state index is 0.611. The van der Waals surface area contributed by atoms with E-state index in [-0.39, 0.29) is 0 Å². The van der Waals surface area contributed by atoms with Gasteiger partial charge < -0.3 is 15.1 Å². The fourth-order valence-corrected chi connectivity index (χ4v) is 2.95. The van der Waals surface area contributed by atoms with Crippen LogP contribution in [-0.2, 0) is 4.79 Å². The number of nitrogens with zero attached hydrogens (tertiary/aromatic N) is 4. The molecule has 0 unspecified atom stereocenters. The van der Waals surface area contributed by atoms with Crippen molar-refractivity contribution in [1.29, 1.82) is 0 Å². The van der Waals surface area contributed by atoms with Gasteiger partial charge in [-0.3, -0.25) is 4.79 Å². The summed E-state index contributed by atoms with van der Waals surface area (Å²) in [7, 11) is 0. The molecule has 1 aliphatic heterocycles. The molecule has 0 spiro atoms. The Kier molecular flexibility index (Phi) is 4.64. The van der Waals surface area contributed by atoms with E-state index >= 15 is 0 Å². The molecular weight excluding hydrogens is 302 g/mol. The molecule has 2 heterocycles. The minimum atomic E-state index is 0.611. The first-order valence-corrected chi connectivity index (χ1v) is 8.20. The Morgan fingerprint density at radius 3 is 2.33 bits per heavy atom. The van der Waals surface area contributed by atoms with Crippen LogP contribution in [0.2, 0.25) is 0 Å². The highest BCUT2D eigenvalue weighted by Crippen LogP contribution is 2.24. The molecule has 1 saturated heterocycles. The number of carbonyl (C=O) groups is 1. The molecular formula is C18H23N5O. The van der Waals surface area contributed by atoms with Crippen molar-refractivity contribution in [2.45, 2.75) is 20.8 Å². The number of piperazine rings is 1. The van der Waals surface area contributed by atoms with Gasteiger partial charge in [0.15, 0.2) is 0 Å². The Bertz CT molecular complexity index is 718. The van der Waals surface area contributed by atoms with Crippen molar-refractivity contribution in [1.82, 2.24) is 14.9 Å². The Morgan fingerprint density at radius 2 is 1.71 bits per heavy atom. The highest BCUT2D eigenvalue weighted by atomic mass is 16.1. The summed E-state index contributed by atoms with van der Waals surface area (Å²) in [5.74, 6) is 1.52. The fourth-order valence-electron chi connectivity index (χ4n) is 2.95. The molecule has 126 valence electrons. The molecule has 24 heavy (non-hydrogen) atoms. The molecule has 0 saturated carbocycles. The van der Waals surface area contributed by atoms with Gasteiger partial charge >= 0.3 is 0 Å². The number of aryl methyl sites for hydroxylation is 3. The van der Waals surface area contributed by atoms with E-state index in [0.717, 1.165) is 49.8 Å². The lowest BCUT2D eigenvalue weighted by atomic mass is 10.1. The number of carbonyl (C=O) groups excluding carboxylic acids is 1. The first kappa shape index (κ1) is 16.2. The van der Waals surface area contributed by atoms with E-state index in [1.807, 2.05) is 19.1 Å². The van der Waals surface area contributed by atoms with Crippen molar-refractivity contribution in [3.05, 3.63) is 41.1 Å². The molecule has 1 aromatic heterocycles. The van der Waals surface area contributed by atoms with Gasteiger partial charge in [-0.25, -0.2) is 4.98 Å². The monoisotopic (exact) mass is 325 g/mol. The largest absolute Gasteiger partial charge is 0.353 e. The molecule has 1 amide bonds. The van der Waals surface area contributed by atoms with Crippen molar-refractivity contribution in [3.8, 4) is 0 Å². The van der Waals surface area contributed by atoms with Crippen LogP contribution in [0.15, 0.2) is 24.3 Å². The molecule has 0 radical (unpaired) electrons. The number of aromatic nitrogens is 2. The number of hydrogen-bond donors (Lipinski definition) is 1. The summed E-state index contributed by atoms with van der Waals surface area (Å²) in [4.78, 5) is 24.0. The third-order valence-electron chi connectivity index (χ3n) is 4.35. The normalized spacial score (nSPS) is 14.6. The highest BCUT2D eigenvalue weighted by molar-refractivity contribution is 5.63. The van der Waals surface area contributed by atoms with Gasteiger partial charge in [0.1, 0.15) is 5.82 Å². The molecule has 6 nitrogen and oxygen atoms in total. The first-order valence-electron chi connectivity index (χ1n) is 8.20. The minimum Gasteiger partial charge on any atom is -0.353 e. The second-order valence-corrected chi connectivity index (χ2v) is 6.21. The van der Waals surface area contributed by atoms with E-state index in [0.29, 0.717) is 5.95 Å². The standard InChI is InChI=1S/C18H23N5O/c1-13-5-4-6-14(2)17(13)21-18-19-15(3)11-16(20-18)23-9-7-22(12-24)8-10-23/h4-6,11-12H,7-10H2,1-3H3,(H,19,20,21). The number of amides is 1. The van der Waals surface area contributed by atoms with Crippen molar-refractivity contribution < 1.29 is 4.79 Å². The lowest BCUT2D eigenvalue weighted by molar-refractivity contribution is -0.118. The van der Waals surface area contributed by atoms with Gasteiger partial charge in [0.25, 0.3) is 0 Å². The lowest BCUT2D eigenvalue weighted by Crippen LogP contribution is -2.46. The summed E-state index contributed by atoms with van der Waals surface area (Å²) in [6.07, 6.45) is 0.913. The summed E-state index contributed by atoms with van der Waals surface area (Å²) in [6, 6.07) is 8.19. The SMILES string of the molecule is Cc1cc(N2CCN(C=O)CC2)nc(Nc2c(C)cccc2C)n1.